The maximum absolute atomic E-state index is 11.5. The van der Waals surface area contributed by atoms with Gasteiger partial charge in [0.1, 0.15) is 5.71 Å². The van der Waals surface area contributed by atoms with Crippen LogP contribution < -0.4 is 10.6 Å². The molecule has 4 heteroatoms. The molecule has 1 fully saturated rings. The molecule has 0 aromatic rings. The summed E-state index contributed by atoms with van der Waals surface area (Å²) in [6.07, 6.45) is 4.80. The Morgan fingerprint density at radius 2 is 2.36 bits per heavy atom. The molecule has 0 bridgehead atoms. The lowest BCUT2D eigenvalue weighted by Crippen LogP contribution is -2.57. The first-order valence-electron chi connectivity index (χ1n) is 4.61. The summed E-state index contributed by atoms with van der Waals surface area (Å²) in [4.78, 5) is 15.5. The van der Waals surface area contributed by atoms with Crippen molar-refractivity contribution in [1.82, 2.24) is 10.6 Å². The Morgan fingerprint density at radius 3 is 2.79 bits per heavy atom. The van der Waals surface area contributed by atoms with Crippen LogP contribution in [0, 0.1) is 0 Å². The number of nitrogens with one attached hydrogen (secondary N) is 2. The molecule has 1 amide bonds. The number of amides is 1. The molecule has 0 aromatic heterocycles. The maximum atomic E-state index is 11.5. The molecule has 4 nitrogen and oxygen atoms in total. The molecule has 0 spiro atoms. The number of carbonyl (C=O) groups excluding carboxylic acids is 1. The lowest BCUT2D eigenvalue weighted by Gasteiger charge is -2.27. The van der Waals surface area contributed by atoms with Gasteiger partial charge in [0.25, 0.3) is 5.91 Å². The first kappa shape index (κ1) is 10.7. The summed E-state index contributed by atoms with van der Waals surface area (Å²) >= 11 is 0. The van der Waals surface area contributed by atoms with Crippen molar-refractivity contribution in [3.8, 4) is 0 Å². The summed E-state index contributed by atoms with van der Waals surface area (Å²) in [7, 11) is 0. The number of hydrogen-bond acceptors (Lipinski definition) is 3. The fourth-order valence-corrected chi connectivity index (χ4v) is 1.01. The third-order valence-electron chi connectivity index (χ3n) is 1.91. The number of allylic oxidation sites excluding steroid dienone is 1. The Kier molecular flexibility index (Phi) is 4.07. The molecule has 14 heavy (non-hydrogen) atoms. The SMILES string of the molecule is C=CC(=N/C=C\C)C(=O)NC1CNC1. The monoisotopic (exact) mass is 193 g/mol. The highest BCUT2D eigenvalue weighted by Crippen LogP contribution is 1.92. The van der Waals surface area contributed by atoms with Crippen molar-refractivity contribution in [2.75, 3.05) is 13.1 Å². The van der Waals surface area contributed by atoms with E-state index >= 15 is 0 Å². The molecule has 1 rings (SSSR count). The van der Waals surface area contributed by atoms with E-state index in [1.165, 1.54) is 6.08 Å². The average molecular weight is 193 g/mol. The predicted octanol–water partition coefficient (Wildman–Crippen LogP) is 0.235. The number of aliphatic imine (C=N–C) groups is 1. The molecule has 0 aliphatic carbocycles. The average Bonchev–Trinajstić information content (AvgIpc) is 2.13. The summed E-state index contributed by atoms with van der Waals surface area (Å²) < 4.78 is 0. The summed E-state index contributed by atoms with van der Waals surface area (Å²) in [6, 6.07) is 0.234. The highest BCUT2D eigenvalue weighted by Gasteiger charge is 2.19. The van der Waals surface area contributed by atoms with Gasteiger partial charge in [-0.05, 0) is 13.0 Å². The van der Waals surface area contributed by atoms with Gasteiger partial charge in [0.05, 0.1) is 6.04 Å². The smallest absolute Gasteiger partial charge is 0.270 e. The van der Waals surface area contributed by atoms with Gasteiger partial charge in [-0.2, -0.15) is 0 Å². The number of carbonyl (C=O) groups is 1. The van der Waals surface area contributed by atoms with Crippen LogP contribution in [0.4, 0.5) is 0 Å². The topological polar surface area (TPSA) is 53.5 Å². The molecule has 0 atom stereocenters. The summed E-state index contributed by atoms with van der Waals surface area (Å²) in [6.45, 7) is 7.06. The largest absolute Gasteiger partial charge is 0.345 e. The highest BCUT2D eigenvalue weighted by atomic mass is 16.2. The molecule has 1 heterocycles. The van der Waals surface area contributed by atoms with Crippen LogP contribution in [0.15, 0.2) is 29.9 Å². The molecular formula is C10H15N3O. The molecule has 0 saturated carbocycles. The third-order valence-corrected chi connectivity index (χ3v) is 1.91. The molecule has 2 N–H and O–H groups in total. The van der Waals surface area contributed by atoms with E-state index in [9.17, 15) is 4.79 Å². The summed E-state index contributed by atoms with van der Waals surface area (Å²) in [5.41, 5.74) is 0.356. The van der Waals surface area contributed by atoms with E-state index in [1.807, 2.05) is 6.92 Å². The van der Waals surface area contributed by atoms with Gasteiger partial charge >= 0.3 is 0 Å². The van der Waals surface area contributed by atoms with E-state index in [2.05, 4.69) is 22.2 Å². The second kappa shape index (κ2) is 5.34. The fourth-order valence-electron chi connectivity index (χ4n) is 1.01. The molecule has 0 unspecified atom stereocenters. The Labute approximate surface area is 83.8 Å². The zero-order valence-electron chi connectivity index (χ0n) is 8.29. The van der Waals surface area contributed by atoms with E-state index in [-0.39, 0.29) is 11.9 Å². The zero-order chi connectivity index (χ0) is 10.4. The standard InChI is InChI=1S/C10H15N3O/c1-3-5-12-9(4-2)10(14)13-8-6-11-7-8/h3-5,8,11H,2,6-7H2,1H3,(H,13,14)/b5-3-,12-9?. The predicted molar refractivity (Wildman–Crippen MR) is 57.2 cm³/mol. The van der Waals surface area contributed by atoms with Gasteiger partial charge in [-0.1, -0.05) is 12.7 Å². The van der Waals surface area contributed by atoms with Crippen molar-refractivity contribution in [1.29, 1.82) is 0 Å². The van der Waals surface area contributed by atoms with Crippen LogP contribution >= 0.6 is 0 Å². The van der Waals surface area contributed by atoms with Gasteiger partial charge in [-0.25, -0.2) is 0 Å². The first-order chi connectivity index (χ1) is 6.77. The van der Waals surface area contributed by atoms with Gasteiger partial charge in [-0.3, -0.25) is 9.79 Å². The number of rotatable bonds is 4. The van der Waals surface area contributed by atoms with E-state index in [1.54, 1.807) is 12.3 Å². The lowest BCUT2D eigenvalue weighted by atomic mass is 10.2. The van der Waals surface area contributed by atoms with Gasteiger partial charge in [-0.15, -0.1) is 0 Å². The number of nitrogens with zero attached hydrogens (tertiary/aromatic N) is 1. The van der Waals surface area contributed by atoms with Crippen molar-refractivity contribution in [3.05, 3.63) is 24.9 Å². The maximum Gasteiger partial charge on any atom is 0.270 e. The van der Waals surface area contributed by atoms with Gasteiger partial charge in [0.2, 0.25) is 0 Å². The van der Waals surface area contributed by atoms with E-state index < -0.39 is 0 Å². The Morgan fingerprint density at radius 1 is 1.64 bits per heavy atom. The van der Waals surface area contributed by atoms with Crippen LogP contribution in [0.5, 0.6) is 0 Å². The first-order valence-corrected chi connectivity index (χ1v) is 4.61. The van der Waals surface area contributed by atoms with Gasteiger partial charge in [0.15, 0.2) is 0 Å². The van der Waals surface area contributed by atoms with Crippen molar-refractivity contribution < 1.29 is 4.79 Å². The van der Waals surface area contributed by atoms with Gasteiger partial charge in [0, 0.05) is 19.3 Å². The van der Waals surface area contributed by atoms with Crippen molar-refractivity contribution in [2.45, 2.75) is 13.0 Å². The van der Waals surface area contributed by atoms with E-state index in [0.717, 1.165) is 13.1 Å². The van der Waals surface area contributed by atoms with Crippen LogP contribution in [0.3, 0.4) is 0 Å². The molecule has 1 aliphatic rings. The second-order valence-corrected chi connectivity index (χ2v) is 3.03. The van der Waals surface area contributed by atoms with Crippen molar-refractivity contribution in [3.63, 3.8) is 0 Å². The van der Waals surface area contributed by atoms with Crippen LogP contribution in [0.25, 0.3) is 0 Å². The van der Waals surface area contributed by atoms with Crippen molar-refractivity contribution in [2.24, 2.45) is 4.99 Å². The fraction of sp³-hybridized carbons (Fsp3) is 0.400. The Bertz CT molecular complexity index is 277. The van der Waals surface area contributed by atoms with Crippen LogP contribution in [0.1, 0.15) is 6.92 Å². The quantitative estimate of drug-likeness (QED) is 0.628. The summed E-state index contributed by atoms with van der Waals surface area (Å²) in [5, 5.41) is 5.91. The summed E-state index contributed by atoms with van der Waals surface area (Å²) in [5.74, 6) is -0.162. The van der Waals surface area contributed by atoms with E-state index in [4.69, 9.17) is 0 Å². The van der Waals surface area contributed by atoms with Crippen LogP contribution in [-0.4, -0.2) is 30.8 Å². The van der Waals surface area contributed by atoms with Crippen molar-refractivity contribution >= 4 is 11.6 Å². The molecule has 0 aromatic carbocycles. The zero-order valence-corrected chi connectivity index (χ0v) is 8.29. The van der Waals surface area contributed by atoms with E-state index in [0.29, 0.717) is 5.71 Å². The second-order valence-electron chi connectivity index (χ2n) is 3.03. The van der Waals surface area contributed by atoms with Crippen LogP contribution in [0.2, 0.25) is 0 Å². The lowest BCUT2D eigenvalue weighted by molar-refractivity contribution is -0.115. The Hall–Kier alpha value is -1.42. The normalized spacial score (nSPS) is 17.9. The highest BCUT2D eigenvalue weighted by molar-refractivity contribution is 6.43. The molecule has 1 saturated heterocycles. The minimum absolute atomic E-state index is 0.162. The van der Waals surface area contributed by atoms with Gasteiger partial charge < -0.3 is 10.6 Å². The molecule has 0 radical (unpaired) electrons. The Balaban J connectivity index is 2.50. The molecular weight excluding hydrogens is 178 g/mol. The third kappa shape index (κ3) is 2.81. The minimum atomic E-state index is -0.162. The number of hydrogen-bond donors (Lipinski definition) is 2. The molecule has 1 aliphatic heterocycles. The van der Waals surface area contributed by atoms with Crippen LogP contribution in [-0.2, 0) is 4.79 Å². The molecule has 76 valence electrons. The minimum Gasteiger partial charge on any atom is -0.345 e.